The minimum Gasteiger partial charge on any atom is -0.366 e. The van der Waals surface area contributed by atoms with E-state index in [4.69, 9.17) is 0 Å². The summed E-state index contributed by atoms with van der Waals surface area (Å²) in [6.45, 7) is 10.1. The van der Waals surface area contributed by atoms with Crippen LogP contribution in [0.3, 0.4) is 0 Å². The van der Waals surface area contributed by atoms with Crippen molar-refractivity contribution < 1.29 is 4.39 Å². The molecule has 4 heteroatoms. The Hall–Kier alpha value is -1.19. The molecule has 1 N–H and O–H groups in total. The topological polar surface area (TPSA) is 37.8 Å². The highest BCUT2D eigenvalue weighted by Crippen LogP contribution is 2.63. The molecule has 0 spiro atoms. The van der Waals surface area contributed by atoms with E-state index >= 15 is 0 Å². The van der Waals surface area contributed by atoms with Gasteiger partial charge in [-0.1, -0.05) is 20.8 Å². The Morgan fingerprint density at radius 3 is 2.52 bits per heavy atom. The van der Waals surface area contributed by atoms with Gasteiger partial charge in [0.15, 0.2) is 0 Å². The molecule has 1 aromatic heterocycles. The van der Waals surface area contributed by atoms with E-state index in [1.54, 1.807) is 12.4 Å². The highest BCUT2D eigenvalue weighted by atomic mass is 19.1. The van der Waals surface area contributed by atoms with Gasteiger partial charge in [0.1, 0.15) is 11.5 Å². The van der Waals surface area contributed by atoms with Gasteiger partial charge in [-0.2, -0.15) is 0 Å². The molecule has 2 saturated carbocycles. The molecule has 0 aromatic carbocycles. The molecule has 0 radical (unpaired) electrons. The predicted molar refractivity (Wildman–Crippen MR) is 82.7 cm³/mol. The van der Waals surface area contributed by atoms with Gasteiger partial charge in [-0.15, -0.1) is 0 Å². The van der Waals surface area contributed by atoms with E-state index in [0.29, 0.717) is 23.1 Å². The summed E-state index contributed by atoms with van der Waals surface area (Å²) >= 11 is 0. The zero-order valence-corrected chi connectivity index (χ0v) is 13.7. The van der Waals surface area contributed by atoms with Crippen molar-refractivity contribution in [2.75, 3.05) is 5.32 Å². The number of nitrogens with zero attached hydrogens (tertiary/aromatic N) is 2. The number of anilines is 1. The number of rotatable bonds is 3. The monoisotopic (exact) mass is 291 g/mol. The second-order valence-corrected chi connectivity index (χ2v) is 7.86. The average Bonchev–Trinajstić information content (AvgIpc) is 2.55. The molecule has 5 atom stereocenters. The average molecular weight is 291 g/mol. The van der Waals surface area contributed by atoms with Crippen LogP contribution in [0, 0.1) is 23.2 Å². The molecule has 5 unspecified atom stereocenters. The number of fused-ring (bicyclic) bond motifs is 1. The predicted octanol–water partition coefficient (Wildman–Crippen LogP) is 4.16. The number of hydrogen-bond acceptors (Lipinski definition) is 3. The van der Waals surface area contributed by atoms with Gasteiger partial charge in [0.05, 0.1) is 18.1 Å². The zero-order chi connectivity index (χ0) is 15.4. The molecule has 0 aliphatic heterocycles. The molecule has 116 valence electrons. The fourth-order valence-corrected chi connectivity index (χ4v) is 4.68. The van der Waals surface area contributed by atoms with E-state index in [1.807, 2.05) is 0 Å². The molecule has 3 nitrogen and oxygen atoms in total. The van der Waals surface area contributed by atoms with Crippen molar-refractivity contribution in [1.82, 2.24) is 9.97 Å². The third kappa shape index (κ3) is 2.33. The highest BCUT2D eigenvalue weighted by Gasteiger charge is 2.59. The van der Waals surface area contributed by atoms with E-state index in [9.17, 15) is 4.39 Å². The van der Waals surface area contributed by atoms with Crippen LogP contribution in [0.5, 0.6) is 0 Å². The van der Waals surface area contributed by atoms with E-state index in [-0.39, 0.29) is 0 Å². The van der Waals surface area contributed by atoms with Crippen LogP contribution in [0.2, 0.25) is 0 Å². The van der Waals surface area contributed by atoms with Crippen LogP contribution in [0.4, 0.5) is 10.2 Å². The maximum atomic E-state index is 13.8. The second-order valence-electron chi connectivity index (χ2n) is 7.86. The van der Waals surface area contributed by atoms with Crippen LogP contribution in [-0.4, -0.2) is 16.0 Å². The van der Waals surface area contributed by atoms with Crippen molar-refractivity contribution in [3.05, 3.63) is 18.1 Å². The van der Waals surface area contributed by atoms with Crippen molar-refractivity contribution in [3.63, 3.8) is 0 Å². The van der Waals surface area contributed by atoms with Gasteiger partial charge in [0.25, 0.3) is 0 Å². The maximum Gasteiger partial charge on any atom is 0.148 e. The molecule has 2 aliphatic rings. The largest absolute Gasteiger partial charge is 0.366 e. The lowest BCUT2D eigenvalue weighted by Crippen LogP contribution is -2.48. The van der Waals surface area contributed by atoms with Gasteiger partial charge < -0.3 is 5.32 Å². The summed E-state index contributed by atoms with van der Waals surface area (Å²) in [7, 11) is 0. The van der Waals surface area contributed by atoms with Gasteiger partial charge in [-0.3, -0.25) is 4.98 Å². The molecule has 0 bridgehead atoms. The van der Waals surface area contributed by atoms with Crippen LogP contribution >= 0.6 is 0 Å². The lowest BCUT2D eigenvalue weighted by molar-refractivity contribution is -0.0192. The van der Waals surface area contributed by atoms with E-state index in [2.05, 4.69) is 36.1 Å². The summed E-state index contributed by atoms with van der Waals surface area (Å²) in [5.74, 6) is 3.00. The molecule has 2 aliphatic carbocycles. The van der Waals surface area contributed by atoms with Crippen LogP contribution in [0.25, 0.3) is 0 Å². The summed E-state index contributed by atoms with van der Waals surface area (Å²) in [6.07, 6.45) is 5.73. The van der Waals surface area contributed by atoms with Crippen LogP contribution in [0.15, 0.2) is 12.4 Å². The zero-order valence-electron chi connectivity index (χ0n) is 13.7. The van der Waals surface area contributed by atoms with Crippen molar-refractivity contribution in [2.45, 2.75) is 59.2 Å². The molecular weight excluding hydrogens is 265 g/mol. The first kappa shape index (κ1) is 14.7. The Morgan fingerprint density at radius 1 is 1.29 bits per heavy atom. The number of hydrogen-bond donors (Lipinski definition) is 1. The quantitative estimate of drug-likeness (QED) is 0.908. The third-order valence-electron chi connectivity index (χ3n) is 5.90. The third-order valence-corrected chi connectivity index (χ3v) is 5.90. The molecule has 3 rings (SSSR count). The fraction of sp³-hybridized carbons (Fsp3) is 0.765. The number of aromatic nitrogens is 2. The van der Waals surface area contributed by atoms with E-state index in [0.717, 1.165) is 17.7 Å². The summed E-state index contributed by atoms with van der Waals surface area (Å²) in [6, 6.07) is 0.465. The standard InChI is InChI=1S/C17H26FN3/c1-10-7-17(5)11(2)6-12(15(10)17)21-14-9-19-13(8-20-14)16(3,4)18/h8-12,15H,6-7H2,1-5H3,(H,20,21). The highest BCUT2D eigenvalue weighted by molar-refractivity contribution is 5.35. The maximum absolute atomic E-state index is 13.8. The summed E-state index contributed by atoms with van der Waals surface area (Å²) in [5, 5.41) is 3.54. The lowest BCUT2D eigenvalue weighted by atomic mass is 9.54. The van der Waals surface area contributed by atoms with Gasteiger partial charge in [-0.25, -0.2) is 9.37 Å². The van der Waals surface area contributed by atoms with Gasteiger partial charge >= 0.3 is 0 Å². The fourth-order valence-electron chi connectivity index (χ4n) is 4.68. The number of nitrogens with one attached hydrogen (secondary N) is 1. The molecule has 21 heavy (non-hydrogen) atoms. The molecule has 0 saturated heterocycles. The second kappa shape index (κ2) is 4.65. The minimum absolute atomic E-state index is 0.384. The molecule has 0 amide bonds. The smallest absolute Gasteiger partial charge is 0.148 e. The molecule has 1 heterocycles. The van der Waals surface area contributed by atoms with Crippen LogP contribution in [-0.2, 0) is 5.67 Å². The molecule has 1 aromatic rings. The van der Waals surface area contributed by atoms with Crippen LogP contribution < -0.4 is 5.32 Å². The Labute approximate surface area is 126 Å². The Kier molecular flexibility index (Phi) is 3.26. The first-order chi connectivity index (χ1) is 9.72. The molecule has 2 fully saturated rings. The Bertz CT molecular complexity index is 522. The summed E-state index contributed by atoms with van der Waals surface area (Å²) in [5.41, 5.74) is -0.575. The minimum atomic E-state index is -1.44. The first-order valence-corrected chi connectivity index (χ1v) is 8.00. The molecular formula is C17H26FN3. The van der Waals surface area contributed by atoms with Gasteiger partial charge in [0, 0.05) is 6.04 Å². The van der Waals surface area contributed by atoms with Crippen molar-refractivity contribution in [2.24, 2.45) is 23.2 Å². The van der Waals surface area contributed by atoms with Gasteiger partial charge in [-0.05, 0) is 49.9 Å². The van der Waals surface area contributed by atoms with E-state index < -0.39 is 5.67 Å². The van der Waals surface area contributed by atoms with Gasteiger partial charge in [0.2, 0.25) is 0 Å². The van der Waals surface area contributed by atoms with Crippen LogP contribution in [0.1, 0.15) is 53.2 Å². The number of alkyl halides is 1. The normalized spacial score (nSPS) is 38.8. The SMILES string of the molecule is CC1CC2(C)C(C)CC(Nc3cnc(C(C)(C)F)cn3)C12. The lowest BCUT2D eigenvalue weighted by Gasteiger charge is -2.52. The first-order valence-electron chi connectivity index (χ1n) is 8.00. The Morgan fingerprint density at radius 2 is 2.00 bits per heavy atom. The van der Waals surface area contributed by atoms with Crippen molar-refractivity contribution in [3.8, 4) is 0 Å². The summed E-state index contributed by atoms with van der Waals surface area (Å²) in [4.78, 5) is 8.56. The van der Waals surface area contributed by atoms with Crippen molar-refractivity contribution in [1.29, 1.82) is 0 Å². The number of halogens is 1. The van der Waals surface area contributed by atoms with Crippen molar-refractivity contribution >= 4 is 5.82 Å². The summed E-state index contributed by atoms with van der Waals surface area (Å²) < 4.78 is 13.8. The Balaban J connectivity index is 1.73. The van der Waals surface area contributed by atoms with E-state index in [1.165, 1.54) is 26.7 Å².